The lowest BCUT2D eigenvalue weighted by Crippen LogP contribution is -2.36. The van der Waals surface area contributed by atoms with Gasteiger partial charge in [-0.3, -0.25) is 4.79 Å². The van der Waals surface area contributed by atoms with Crippen LogP contribution < -0.4 is 0 Å². The first-order chi connectivity index (χ1) is 7.24. The molecule has 1 aromatic heterocycles. The molecule has 82 valence electrons. The zero-order valence-electron chi connectivity index (χ0n) is 8.44. The molecule has 1 amide bonds. The van der Waals surface area contributed by atoms with Gasteiger partial charge in [-0.05, 0) is 31.3 Å². The van der Waals surface area contributed by atoms with Crippen LogP contribution in [-0.4, -0.2) is 38.9 Å². The Kier molecular flexibility index (Phi) is 3.21. The minimum absolute atomic E-state index is 0.0330. The molecule has 0 radical (unpaired) electrons. The summed E-state index contributed by atoms with van der Waals surface area (Å²) in [5.74, 6) is 0.544. The molecule has 0 N–H and O–H groups in total. The number of aryl methyl sites for hydroxylation is 1. The van der Waals surface area contributed by atoms with Crippen LogP contribution in [0.4, 0.5) is 0 Å². The maximum Gasteiger partial charge on any atom is 0.267 e. The lowest BCUT2D eigenvalue weighted by molar-refractivity contribution is 0.0753. The molecule has 15 heavy (non-hydrogen) atoms. The molecule has 0 bridgehead atoms. The summed E-state index contributed by atoms with van der Waals surface area (Å²) in [5.41, 5.74) is 0.713. The van der Waals surface area contributed by atoms with Gasteiger partial charge in [0.25, 0.3) is 5.91 Å². The zero-order chi connectivity index (χ0) is 10.8. The Labute approximate surface area is 97.4 Å². The summed E-state index contributed by atoms with van der Waals surface area (Å²) in [6, 6.07) is 0.181. The number of alkyl halides is 1. The SMILES string of the molecule is Cc1nnsc1C(=O)N1CCCC1CCl. The van der Waals surface area contributed by atoms with Crippen molar-refractivity contribution in [3.05, 3.63) is 10.6 Å². The van der Waals surface area contributed by atoms with E-state index in [0.29, 0.717) is 16.5 Å². The van der Waals surface area contributed by atoms with Crippen LogP contribution in [0.3, 0.4) is 0 Å². The summed E-state index contributed by atoms with van der Waals surface area (Å²) in [7, 11) is 0. The Hall–Kier alpha value is -0.680. The van der Waals surface area contributed by atoms with Crippen molar-refractivity contribution in [2.45, 2.75) is 25.8 Å². The van der Waals surface area contributed by atoms with E-state index in [9.17, 15) is 4.79 Å². The Balaban J connectivity index is 2.18. The van der Waals surface area contributed by atoms with Crippen molar-refractivity contribution >= 4 is 29.0 Å². The predicted octanol–water partition coefficient (Wildman–Crippen LogP) is 1.69. The molecule has 1 aromatic rings. The van der Waals surface area contributed by atoms with Crippen LogP contribution in [0, 0.1) is 6.92 Å². The molecular formula is C9H12ClN3OS. The van der Waals surface area contributed by atoms with Gasteiger partial charge in [-0.1, -0.05) is 4.49 Å². The molecule has 2 rings (SSSR count). The van der Waals surface area contributed by atoms with E-state index in [2.05, 4.69) is 9.59 Å². The van der Waals surface area contributed by atoms with Crippen LogP contribution in [-0.2, 0) is 0 Å². The first-order valence-electron chi connectivity index (χ1n) is 4.90. The van der Waals surface area contributed by atoms with Gasteiger partial charge < -0.3 is 4.90 Å². The molecule has 6 heteroatoms. The van der Waals surface area contributed by atoms with Gasteiger partial charge >= 0.3 is 0 Å². The summed E-state index contributed by atoms with van der Waals surface area (Å²) in [4.78, 5) is 14.6. The summed E-state index contributed by atoms with van der Waals surface area (Å²) in [6.45, 7) is 2.61. The van der Waals surface area contributed by atoms with E-state index < -0.39 is 0 Å². The van der Waals surface area contributed by atoms with Crippen molar-refractivity contribution in [2.24, 2.45) is 0 Å². The molecule has 0 spiro atoms. The van der Waals surface area contributed by atoms with Crippen LogP contribution in [0.15, 0.2) is 0 Å². The van der Waals surface area contributed by atoms with Gasteiger partial charge in [0.2, 0.25) is 0 Å². The smallest absolute Gasteiger partial charge is 0.267 e. The highest BCUT2D eigenvalue weighted by atomic mass is 35.5. The monoisotopic (exact) mass is 245 g/mol. The third-order valence-corrected chi connectivity index (χ3v) is 3.83. The lowest BCUT2D eigenvalue weighted by Gasteiger charge is -2.21. The van der Waals surface area contributed by atoms with E-state index in [1.54, 1.807) is 0 Å². The predicted molar refractivity (Wildman–Crippen MR) is 59.4 cm³/mol. The number of carbonyl (C=O) groups is 1. The van der Waals surface area contributed by atoms with E-state index in [1.807, 2.05) is 11.8 Å². The first-order valence-corrected chi connectivity index (χ1v) is 6.20. The number of rotatable bonds is 2. The molecule has 0 aliphatic carbocycles. The molecule has 2 heterocycles. The second-order valence-corrected chi connectivity index (χ2v) is 4.70. The van der Waals surface area contributed by atoms with Crippen LogP contribution >= 0.6 is 23.1 Å². The minimum atomic E-state index is 0.0330. The summed E-state index contributed by atoms with van der Waals surface area (Å²) in [6.07, 6.45) is 2.04. The molecule has 1 unspecified atom stereocenters. The number of nitrogens with zero attached hydrogens (tertiary/aromatic N) is 3. The molecule has 1 aliphatic rings. The van der Waals surface area contributed by atoms with E-state index in [1.165, 1.54) is 0 Å². The Morgan fingerprint density at radius 1 is 1.73 bits per heavy atom. The number of likely N-dealkylation sites (tertiary alicyclic amines) is 1. The highest BCUT2D eigenvalue weighted by molar-refractivity contribution is 7.07. The highest BCUT2D eigenvalue weighted by Gasteiger charge is 2.30. The van der Waals surface area contributed by atoms with E-state index in [-0.39, 0.29) is 11.9 Å². The average molecular weight is 246 g/mol. The summed E-state index contributed by atoms with van der Waals surface area (Å²) >= 11 is 6.99. The highest BCUT2D eigenvalue weighted by Crippen LogP contribution is 2.22. The van der Waals surface area contributed by atoms with Crippen LogP contribution in [0.25, 0.3) is 0 Å². The van der Waals surface area contributed by atoms with Gasteiger partial charge in [0.05, 0.1) is 5.69 Å². The van der Waals surface area contributed by atoms with Gasteiger partial charge in [0.15, 0.2) is 0 Å². The van der Waals surface area contributed by atoms with Gasteiger partial charge in [0.1, 0.15) is 4.88 Å². The average Bonchev–Trinajstić information content (AvgIpc) is 2.84. The van der Waals surface area contributed by atoms with Crippen molar-refractivity contribution in [2.75, 3.05) is 12.4 Å². The number of aromatic nitrogens is 2. The topological polar surface area (TPSA) is 46.1 Å². The van der Waals surface area contributed by atoms with Crippen LogP contribution in [0.1, 0.15) is 28.2 Å². The maximum absolute atomic E-state index is 12.1. The second-order valence-electron chi connectivity index (χ2n) is 3.64. The number of hydrogen-bond donors (Lipinski definition) is 0. The number of halogens is 1. The van der Waals surface area contributed by atoms with Gasteiger partial charge in [-0.2, -0.15) is 0 Å². The first kappa shape index (κ1) is 10.8. The van der Waals surface area contributed by atoms with Crippen molar-refractivity contribution in [1.82, 2.24) is 14.5 Å². The molecule has 0 aromatic carbocycles. The fourth-order valence-corrected chi connectivity index (χ4v) is 2.76. The quantitative estimate of drug-likeness (QED) is 0.745. The van der Waals surface area contributed by atoms with Crippen molar-refractivity contribution < 1.29 is 4.79 Å². The lowest BCUT2D eigenvalue weighted by atomic mass is 10.2. The van der Waals surface area contributed by atoms with E-state index >= 15 is 0 Å². The molecule has 4 nitrogen and oxygen atoms in total. The van der Waals surface area contributed by atoms with Gasteiger partial charge in [-0.15, -0.1) is 16.7 Å². The normalized spacial score (nSPS) is 20.9. The number of amides is 1. The Morgan fingerprint density at radius 3 is 3.13 bits per heavy atom. The number of hydrogen-bond acceptors (Lipinski definition) is 4. The van der Waals surface area contributed by atoms with Crippen LogP contribution in [0.5, 0.6) is 0 Å². The third kappa shape index (κ3) is 1.99. The molecule has 1 saturated heterocycles. The fraction of sp³-hybridized carbons (Fsp3) is 0.667. The Bertz CT molecular complexity index is 368. The number of carbonyl (C=O) groups excluding carboxylic acids is 1. The Morgan fingerprint density at radius 2 is 2.53 bits per heavy atom. The zero-order valence-corrected chi connectivity index (χ0v) is 10.0. The van der Waals surface area contributed by atoms with Crippen LogP contribution in [0.2, 0.25) is 0 Å². The van der Waals surface area contributed by atoms with Gasteiger partial charge in [-0.25, -0.2) is 0 Å². The molecule has 1 aliphatic heterocycles. The van der Waals surface area contributed by atoms with E-state index in [4.69, 9.17) is 11.6 Å². The molecule has 0 saturated carbocycles. The molecule has 1 fully saturated rings. The van der Waals surface area contributed by atoms with Crippen molar-refractivity contribution in [3.8, 4) is 0 Å². The van der Waals surface area contributed by atoms with Crippen molar-refractivity contribution in [1.29, 1.82) is 0 Å². The fourth-order valence-electron chi connectivity index (χ4n) is 1.82. The third-order valence-electron chi connectivity index (χ3n) is 2.66. The van der Waals surface area contributed by atoms with Crippen molar-refractivity contribution in [3.63, 3.8) is 0 Å². The molecular weight excluding hydrogens is 234 g/mol. The van der Waals surface area contributed by atoms with E-state index in [0.717, 1.165) is 30.9 Å². The summed E-state index contributed by atoms with van der Waals surface area (Å²) in [5, 5.41) is 3.85. The molecule has 1 atom stereocenters. The summed E-state index contributed by atoms with van der Waals surface area (Å²) < 4.78 is 3.78. The van der Waals surface area contributed by atoms with Gasteiger partial charge in [0, 0.05) is 18.5 Å². The minimum Gasteiger partial charge on any atom is -0.334 e. The standard InChI is InChI=1S/C9H12ClN3OS/c1-6-8(15-12-11-6)9(14)13-4-2-3-7(13)5-10/h7H,2-5H2,1H3. The maximum atomic E-state index is 12.1. The second kappa shape index (κ2) is 4.45. The largest absolute Gasteiger partial charge is 0.334 e.